The highest BCUT2D eigenvalue weighted by atomic mass is 15.1. The molecule has 19 heavy (non-hydrogen) atoms. The number of nitrogen functional groups attached to an aromatic ring is 1. The molecule has 0 saturated heterocycles. The Morgan fingerprint density at radius 2 is 2.00 bits per heavy atom. The maximum atomic E-state index is 7.73. The molecule has 0 heterocycles. The van der Waals surface area contributed by atoms with Gasteiger partial charge in [-0.1, -0.05) is 38.3 Å². The summed E-state index contributed by atoms with van der Waals surface area (Å²) in [6.07, 6.45) is 6.48. The zero-order chi connectivity index (χ0) is 13.8. The topological polar surface area (TPSA) is 53.1 Å². The average molecular weight is 259 g/mol. The van der Waals surface area contributed by atoms with Gasteiger partial charge in [0.1, 0.15) is 5.84 Å². The molecule has 2 unspecified atom stereocenters. The van der Waals surface area contributed by atoms with E-state index in [1.165, 1.54) is 32.1 Å². The minimum absolute atomic E-state index is 0.159. The number of benzene rings is 1. The summed E-state index contributed by atoms with van der Waals surface area (Å²) in [7, 11) is 2.15. The number of nitrogens with two attached hydrogens (primary N) is 1. The lowest BCUT2D eigenvalue weighted by Gasteiger charge is -2.39. The van der Waals surface area contributed by atoms with Crippen LogP contribution in [0.1, 0.15) is 44.6 Å². The van der Waals surface area contributed by atoms with Gasteiger partial charge in [0.25, 0.3) is 0 Å². The van der Waals surface area contributed by atoms with Crippen molar-refractivity contribution in [2.75, 3.05) is 11.9 Å². The van der Waals surface area contributed by atoms with Gasteiger partial charge in [-0.15, -0.1) is 0 Å². The normalized spacial score (nSPS) is 23.1. The molecule has 3 nitrogen and oxygen atoms in total. The van der Waals surface area contributed by atoms with E-state index in [-0.39, 0.29) is 5.84 Å². The lowest BCUT2D eigenvalue weighted by Crippen LogP contribution is -2.40. The van der Waals surface area contributed by atoms with E-state index in [2.05, 4.69) is 24.9 Å². The molecule has 2 atom stereocenters. The third-order valence-electron chi connectivity index (χ3n) is 4.47. The Hall–Kier alpha value is -1.51. The van der Waals surface area contributed by atoms with Gasteiger partial charge in [0.15, 0.2) is 0 Å². The van der Waals surface area contributed by atoms with E-state index in [1.54, 1.807) is 0 Å². The highest BCUT2D eigenvalue weighted by Crippen LogP contribution is 2.33. The van der Waals surface area contributed by atoms with Crippen LogP contribution in [0.2, 0.25) is 0 Å². The van der Waals surface area contributed by atoms with Crippen molar-refractivity contribution in [2.24, 2.45) is 11.7 Å². The molecule has 2 rings (SSSR count). The number of amidine groups is 1. The van der Waals surface area contributed by atoms with Crippen LogP contribution >= 0.6 is 0 Å². The average Bonchev–Trinajstić information content (AvgIpc) is 2.46. The molecule has 104 valence electrons. The molecule has 0 aromatic heterocycles. The van der Waals surface area contributed by atoms with Crippen LogP contribution in [0, 0.1) is 11.3 Å². The van der Waals surface area contributed by atoms with Crippen molar-refractivity contribution in [3.05, 3.63) is 29.8 Å². The van der Waals surface area contributed by atoms with Crippen molar-refractivity contribution < 1.29 is 0 Å². The van der Waals surface area contributed by atoms with Crippen LogP contribution in [0.5, 0.6) is 0 Å². The summed E-state index contributed by atoms with van der Waals surface area (Å²) in [5.41, 5.74) is 7.66. The van der Waals surface area contributed by atoms with Gasteiger partial charge in [-0.25, -0.2) is 0 Å². The summed E-state index contributed by atoms with van der Waals surface area (Å²) in [4.78, 5) is 2.35. The Balaban J connectivity index is 2.27. The minimum Gasteiger partial charge on any atom is -0.384 e. The molecular formula is C16H25N3. The van der Waals surface area contributed by atoms with Crippen LogP contribution in [0.15, 0.2) is 24.3 Å². The molecule has 0 radical (unpaired) electrons. The molecular weight excluding hydrogens is 234 g/mol. The quantitative estimate of drug-likeness (QED) is 0.643. The third-order valence-corrected chi connectivity index (χ3v) is 4.47. The van der Waals surface area contributed by atoms with Crippen molar-refractivity contribution in [2.45, 2.75) is 45.1 Å². The summed E-state index contributed by atoms with van der Waals surface area (Å²) >= 11 is 0. The van der Waals surface area contributed by atoms with Crippen molar-refractivity contribution in [3.8, 4) is 0 Å². The van der Waals surface area contributed by atoms with Crippen molar-refractivity contribution in [1.29, 1.82) is 5.41 Å². The van der Waals surface area contributed by atoms with Gasteiger partial charge in [-0.3, -0.25) is 5.41 Å². The Kier molecular flexibility index (Phi) is 4.46. The van der Waals surface area contributed by atoms with E-state index in [9.17, 15) is 0 Å². The summed E-state index contributed by atoms with van der Waals surface area (Å²) in [6.45, 7) is 2.29. The maximum absolute atomic E-state index is 7.73. The van der Waals surface area contributed by atoms with E-state index in [4.69, 9.17) is 11.1 Å². The first-order valence-corrected chi connectivity index (χ1v) is 7.31. The van der Waals surface area contributed by atoms with Gasteiger partial charge < -0.3 is 10.6 Å². The molecule has 3 N–H and O–H groups in total. The predicted molar refractivity (Wildman–Crippen MR) is 81.9 cm³/mol. The predicted octanol–water partition coefficient (Wildman–Crippen LogP) is 3.38. The standard InChI is InChI=1S/C16H25N3/c1-3-12-8-4-6-10-14(12)19(2)15-11-7-5-9-13(15)16(17)18/h5,7,9,11-12,14H,3-4,6,8,10H2,1-2H3,(H3,17,18). The van der Waals surface area contributed by atoms with E-state index in [0.29, 0.717) is 6.04 Å². The number of nitrogens with one attached hydrogen (secondary N) is 1. The van der Waals surface area contributed by atoms with Gasteiger partial charge in [0, 0.05) is 24.3 Å². The number of para-hydroxylation sites is 1. The number of nitrogens with zero attached hydrogens (tertiary/aromatic N) is 1. The first-order valence-electron chi connectivity index (χ1n) is 7.31. The molecule has 0 amide bonds. The highest BCUT2D eigenvalue weighted by Gasteiger charge is 2.28. The summed E-state index contributed by atoms with van der Waals surface area (Å²) in [5.74, 6) is 0.921. The second-order valence-corrected chi connectivity index (χ2v) is 5.56. The molecule has 1 aliphatic carbocycles. The van der Waals surface area contributed by atoms with Crippen LogP contribution in [-0.2, 0) is 0 Å². The minimum atomic E-state index is 0.159. The monoisotopic (exact) mass is 259 g/mol. The van der Waals surface area contributed by atoms with Crippen molar-refractivity contribution >= 4 is 11.5 Å². The molecule has 1 saturated carbocycles. The molecule has 0 spiro atoms. The van der Waals surface area contributed by atoms with Crippen LogP contribution in [-0.4, -0.2) is 18.9 Å². The van der Waals surface area contributed by atoms with Crippen molar-refractivity contribution in [1.82, 2.24) is 0 Å². The summed E-state index contributed by atoms with van der Waals surface area (Å²) in [6, 6.07) is 8.59. The van der Waals surface area contributed by atoms with Gasteiger partial charge in [-0.2, -0.15) is 0 Å². The van der Waals surface area contributed by atoms with Gasteiger partial charge in [0.2, 0.25) is 0 Å². The Morgan fingerprint density at radius 1 is 1.32 bits per heavy atom. The summed E-state index contributed by atoms with van der Waals surface area (Å²) in [5, 5.41) is 7.73. The van der Waals surface area contributed by atoms with Crippen LogP contribution in [0.25, 0.3) is 0 Å². The lowest BCUT2D eigenvalue weighted by atomic mass is 9.82. The number of rotatable bonds is 4. The number of anilines is 1. The SMILES string of the molecule is CCC1CCCCC1N(C)c1ccccc1C(=N)N. The Labute approximate surface area is 116 Å². The number of hydrogen-bond donors (Lipinski definition) is 2. The van der Waals surface area contributed by atoms with Gasteiger partial charge in [0.05, 0.1) is 0 Å². The Bertz CT molecular complexity index is 441. The highest BCUT2D eigenvalue weighted by molar-refractivity contribution is 6.00. The fourth-order valence-corrected chi connectivity index (χ4v) is 3.36. The molecule has 1 aromatic rings. The second-order valence-electron chi connectivity index (χ2n) is 5.56. The van der Waals surface area contributed by atoms with Crippen LogP contribution < -0.4 is 10.6 Å². The molecule has 0 aliphatic heterocycles. The summed E-state index contributed by atoms with van der Waals surface area (Å²) < 4.78 is 0. The second kappa shape index (κ2) is 6.09. The molecule has 1 aromatic carbocycles. The van der Waals surface area contributed by atoms with E-state index < -0.39 is 0 Å². The maximum Gasteiger partial charge on any atom is 0.124 e. The molecule has 1 fully saturated rings. The van der Waals surface area contributed by atoms with Crippen molar-refractivity contribution in [3.63, 3.8) is 0 Å². The lowest BCUT2D eigenvalue weighted by molar-refractivity contribution is 0.292. The molecule has 0 bridgehead atoms. The smallest absolute Gasteiger partial charge is 0.124 e. The molecule has 3 heteroatoms. The third kappa shape index (κ3) is 2.91. The first kappa shape index (κ1) is 13.9. The Morgan fingerprint density at radius 3 is 2.68 bits per heavy atom. The molecule has 1 aliphatic rings. The fourth-order valence-electron chi connectivity index (χ4n) is 3.36. The van der Waals surface area contributed by atoms with Gasteiger partial charge in [-0.05, 0) is 30.9 Å². The van der Waals surface area contributed by atoms with Crippen LogP contribution in [0.3, 0.4) is 0 Å². The largest absolute Gasteiger partial charge is 0.384 e. The number of hydrogen-bond acceptors (Lipinski definition) is 2. The van der Waals surface area contributed by atoms with Gasteiger partial charge >= 0.3 is 0 Å². The zero-order valence-corrected chi connectivity index (χ0v) is 12.0. The first-order chi connectivity index (χ1) is 9.15. The zero-order valence-electron chi connectivity index (χ0n) is 12.0. The van der Waals surface area contributed by atoms with Crippen LogP contribution in [0.4, 0.5) is 5.69 Å². The van der Waals surface area contributed by atoms with E-state index >= 15 is 0 Å². The fraction of sp³-hybridized carbons (Fsp3) is 0.562. The van der Waals surface area contributed by atoms with E-state index in [1.807, 2.05) is 18.2 Å². The van der Waals surface area contributed by atoms with E-state index in [0.717, 1.165) is 17.2 Å².